The molecule has 0 spiro atoms. The normalized spacial score (nSPS) is 18.1. The van der Waals surface area contributed by atoms with Crippen LogP contribution in [0, 0.1) is 22.7 Å². The number of aryl methyl sites for hydroxylation is 1. The Hall–Kier alpha value is -6.36. The first kappa shape index (κ1) is 29.8. The Balaban J connectivity index is 1.16. The summed E-state index contributed by atoms with van der Waals surface area (Å²) in [7, 11) is 0. The zero-order valence-electron chi connectivity index (χ0n) is 27.6. The molecule has 0 aliphatic heterocycles. The number of rotatable bonds is 5. The second-order valence-electron chi connectivity index (χ2n) is 13.3. The molecule has 9 rings (SSSR count). The molecule has 238 valence electrons. The van der Waals surface area contributed by atoms with E-state index in [4.69, 9.17) is 0 Å². The van der Waals surface area contributed by atoms with E-state index >= 15 is 0 Å². The molecule has 0 radical (unpaired) electrons. The monoisotopic (exact) mass is 642 g/mol. The van der Waals surface area contributed by atoms with Gasteiger partial charge in [0.25, 0.3) is 0 Å². The molecule has 6 aromatic rings. The quantitative estimate of drug-likeness (QED) is 0.188. The van der Waals surface area contributed by atoms with E-state index in [1.165, 1.54) is 44.6 Å². The molecule has 3 aliphatic rings. The van der Waals surface area contributed by atoms with Crippen LogP contribution in [0.4, 0.5) is 0 Å². The van der Waals surface area contributed by atoms with Gasteiger partial charge in [-0.2, -0.15) is 10.5 Å². The van der Waals surface area contributed by atoms with Gasteiger partial charge in [0.15, 0.2) is 0 Å². The Morgan fingerprint density at radius 2 is 1.58 bits per heavy atom. The summed E-state index contributed by atoms with van der Waals surface area (Å²) in [5.41, 5.74) is 12.7. The Labute approximate surface area is 291 Å². The summed E-state index contributed by atoms with van der Waals surface area (Å²) < 4.78 is 4.88. The minimum absolute atomic E-state index is 0.0128. The van der Waals surface area contributed by atoms with Gasteiger partial charge in [0, 0.05) is 50.9 Å². The average molecular weight is 643 g/mol. The van der Waals surface area contributed by atoms with Crippen LogP contribution < -0.4 is 0 Å². The van der Waals surface area contributed by atoms with Gasteiger partial charge in [-0.25, -0.2) is 0 Å². The fraction of sp³-hybridized carbons (Fsp3) is 0.130. The topological polar surface area (TPSA) is 57.4 Å². The van der Waals surface area contributed by atoms with Gasteiger partial charge in [-0.3, -0.25) is 0 Å². The molecule has 2 aromatic heterocycles. The minimum atomic E-state index is -0.0139. The Morgan fingerprint density at radius 1 is 0.760 bits per heavy atom. The van der Waals surface area contributed by atoms with Crippen molar-refractivity contribution in [3.8, 4) is 12.1 Å². The van der Waals surface area contributed by atoms with Gasteiger partial charge < -0.3 is 9.13 Å². The number of aromatic nitrogens is 2. The van der Waals surface area contributed by atoms with E-state index < -0.39 is 0 Å². The SMILES string of the molecule is N#CCc1ccc(C2=CCC(n3c4c(c5ccccc53)CCC=C4)=CC=C2)c(C2C=CC=CC2n2c3ccccc3c3cc(C#N)ccc32)c1. The number of allylic oxidation sites excluding steroid dienone is 11. The summed E-state index contributed by atoms with van der Waals surface area (Å²) in [6.45, 7) is 0. The third-order valence-corrected chi connectivity index (χ3v) is 10.6. The zero-order valence-corrected chi connectivity index (χ0v) is 27.6. The molecule has 4 aromatic carbocycles. The van der Waals surface area contributed by atoms with Gasteiger partial charge >= 0.3 is 0 Å². The molecule has 0 amide bonds. The summed E-state index contributed by atoms with van der Waals surface area (Å²) >= 11 is 0. The average Bonchev–Trinajstić information content (AvgIpc) is 3.56. The van der Waals surface area contributed by atoms with E-state index in [0.29, 0.717) is 12.0 Å². The highest BCUT2D eigenvalue weighted by Gasteiger charge is 2.28. The highest BCUT2D eigenvalue weighted by molar-refractivity contribution is 6.08. The molecule has 4 heteroatoms. The maximum Gasteiger partial charge on any atom is 0.0991 e. The largest absolute Gasteiger partial charge is 0.332 e. The molecule has 3 aliphatic carbocycles. The predicted molar refractivity (Wildman–Crippen MR) is 205 cm³/mol. The molecule has 0 saturated carbocycles. The van der Waals surface area contributed by atoms with Crippen molar-refractivity contribution in [1.29, 1.82) is 10.5 Å². The smallest absolute Gasteiger partial charge is 0.0991 e. The summed E-state index contributed by atoms with van der Waals surface area (Å²) in [6, 6.07) is 34.6. The predicted octanol–water partition coefficient (Wildman–Crippen LogP) is 11.0. The minimum Gasteiger partial charge on any atom is -0.332 e. The number of nitrogens with zero attached hydrogens (tertiary/aromatic N) is 4. The van der Waals surface area contributed by atoms with E-state index in [9.17, 15) is 10.5 Å². The number of para-hydroxylation sites is 2. The van der Waals surface area contributed by atoms with E-state index in [1.807, 2.05) is 12.1 Å². The van der Waals surface area contributed by atoms with Crippen LogP contribution in [0.3, 0.4) is 0 Å². The lowest BCUT2D eigenvalue weighted by molar-refractivity contribution is 0.575. The molecule has 4 nitrogen and oxygen atoms in total. The van der Waals surface area contributed by atoms with Gasteiger partial charge in [0.1, 0.15) is 0 Å². The first-order chi connectivity index (χ1) is 24.7. The van der Waals surface area contributed by atoms with Crippen LogP contribution in [0.25, 0.3) is 50.1 Å². The van der Waals surface area contributed by atoms with E-state index in [1.54, 1.807) is 0 Å². The molecule has 0 fully saturated rings. The number of nitriles is 2. The molecule has 2 unspecified atom stereocenters. The first-order valence-electron chi connectivity index (χ1n) is 17.4. The van der Waals surface area contributed by atoms with Crippen molar-refractivity contribution in [2.45, 2.75) is 37.6 Å². The zero-order chi connectivity index (χ0) is 33.6. The van der Waals surface area contributed by atoms with Crippen molar-refractivity contribution < 1.29 is 0 Å². The van der Waals surface area contributed by atoms with Gasteiger partial charge in [-0.05, 0) is 83.2 Å². The highest BCUT2D eigenvalue weighted by Crippen LogP contribution is 2.44. The van der Waals surface area contributed by atoms with Gasteiger partial charge in [0.05, 0.1) is 35.7 Å². The van der Waals surface area contributed by atoms with Crippen LogP contribution in [0.15, 0.2) is 140 Å². The van der Waals surface area contributed by atoms with E-state index in [0.717, 1.165) is 46.6 Å². The molecule has 0 bridgehead atoms. The second-order valence-corrected chi connectivity index (χ2v) is 13.3. The third-order valence-electron chi connectivity index (χ3n) is 10.6. The number of benzene rings is 4. The molecule has 2 atom stereocenters. The Morgan fingerprint density at radius 3 is 2.46 bits per heavy atom. The van der Waals surface area contributed by atoms with Gasteiger partial charge in [0.2, 0.25) is 0 Å². The van der Waals surface area contributed by atoms with Crippen molar-refractivity contribution in [1.82, 2.24) is 9.13 Å². The third kappa shape index (κ3) is 4.80. The van der Waals surface area contributed by atoms with E-state index in [2.05, 4.69) is 155 Å². The summed E-state index contributed by atoms with van der Waals surface area (Å²) in [5, 5.41) is 23.0. The highest BCUT2D eigenvalue weighted by atomic mass is 15.0. The first-order valence-corrected chi connectivity index (χ1v) is 17.4. The second kappa shape index (κ2) is 12.3. The summed E-state index contributed by atoms with van der Waals surface area (Å²) in [6.07, 6.45) is 25.8. The van der Waals surface area contributed by atoms with Crippen LogP contribution in [0.2, 0.25) is 0 Å². The van der Waals surface area contributed by atoms with Crippen LogP contribution in [-0.2, 0) is 12.8 Å². The van der Waals surface area contributed by atoms with Gasteiger partial charge in [-0.15, -0.1) is 0 Å². The molecule has 2 heterocycles. The van der Waals surface area contributed by atoms with Crippen LogP contribution in [-0.4, -0.2) is 9.13 Å². The fourth-order valence-electron chi connectivity index (χ4n) is 8.35. The van der Waals surface area contributed by atoms with Crippen molar-refractivity contribution in [2.24, 2.45) is 0 Å². The molecular formula is C46H34N4. The molecule has 0 N–H and O–H groups in total. The lowest BCUT2D eigenvalue weighted by Crippen LogP contribution is -2.18. The van der Waals surface area contributed by atoms with Crippen molar-refractivity contribution >= 4 is 50.1 Å². The summed E-state index contributed by atoms with van der Waals surface area (Å²) in [5.74, 6) is 0.0128. The number of fused-ring (bicyclic) bond motifs is 6. The lowest BCUT2D eigenvalue weighted by Gasteiger charge is -2.30. The Kier molecular flexibility index (Phi) is 7.30. The van der Waals surface area contributed by atoms with Crippen molar-refractivity contribution in [3.05, 3.63) is 173 Å². The van der Waals surface area contributed by atoms with Crippen molar-refractivity contribution in [3.63, 3.8) is 0 Å². The molecule has 0 saturated heterocycles. The number of hydrogen-bond acceptors (Lipinski definition) is 2. The Bertz CT molecular complexity index is 2630. The van der Waals surface area contributed by atoms with Gasteiger partial charge in [-0.1, -0.05) is 103 Å². The lowest BCUT2D eigenvalue weighted by atomic mass is 9.82. The van der Waals surface area contributed by atoms with Crippen LogP contribution in [0.1, 0.15) is 58.3 Å². The van der Waals surface area contributed by atoms with Crippen LogP contribution >= 0.6 is 0 Å². The molecular weight excluding hydrogens is 609 g/mol. The fourth-order valence-corrected chi connectivity index (χ4v) is 8.35. The summed E-state index contributed by atoms with van der Waals surface area (Å²) in [4.78, 5) is 0. The maximum atomic E-state index is 9.71. The number of hydrogen-bond donors (Lipinski definition) is 0. The van der Waals surface area contributed by atoms with E-state index in [-0.39, 0.29) is 12.0 Å². The van der Waals surface area contributed by atoms with Crippen molar-refractivity contribution in [2.75, 3.05) is 0 Å². The van der Waals surface area contributed by atoms with Crippen LogP contribution in [0.5, 0.6) is 0 Å². The molecule has 50 heavy (non-hydrogen) atoms. The standard InChI is InChI=1S/C46H34N4/c47-27-26-31-20-24-35(33-10-9-11-34(23-22-33)49-42-16-5-1-12-36(42)37-13-2-6-17-43(37)49)40(28-31)38-14-3-7-18-44(38)50-45-19-8-4-15-39(45)41-29-32(30-48)21-25-46(41)50/h1,3-12,14-22,24-25,28-29,38,44H,2,13,23,26H2. The maximum absolute atomic E-state index is 9.71.